The van der Waals surface area contributed by atoms with Gasteiger partial charge in [-0.1, -0.05) is 12.1 Å². The van der Waals surface area contributed by atoms with E-state index in [1.807, 2.05) is 0 Å². The minimum Gasteiger partial charge on any atom is -0.332 e. The second-order valence-electron chi connectivity index (χ2n) is 4.21. The minimum absolute atomic E-state index is 0.164. The van der Waals surface area contributed by atoms with Gasteiger partial charge in [0.15, 0.2) is 0 Å². The summed E-state index contributed by atoms with van der Waals surface area (Å²) in [6.45, 7) is 2.30. The summed E-state index contributed by atoms with van der Waals surface area (Å²) in [5, 5.41) is 0. The SMILES string of the molecule is CCN1C(=O)[C@H](N)[C@H]1c1ccc(C(F)(F)F)cc1. The molecule has 2 N–H and O–H groups in total. The lowest BCUT2D eigenvalue weighted by Crippen LogP contribution is -2.62. The number of rotatable bonds is 2. The maximum Gasteiger partial charge on any atom is 0.416 e. The second-order valence-corrected chi connectivity index (χ2v) is 4.21. The molecule has 0 spiro atoms. The molecule has 1 saturated heterocycles. The summed E-state index contributed by atoms with van der Waals surface area (Å²) in [4.78, 5) is 13.0. The first kappa shape index (κ1) is 12.9. The highest BCUT2D eigenvalue weighted by Gasteiger charge is 2.44. The van der Waals surface area contributed by atoms with Gasteiger partial charge in [0.05, 0.1) is 11.6 Å². The van der Waals surface area contributed by atoms with Crippen LogP contribution in [0.25, 0.3) is 0 Å². The fourth-order valence-electron chi connectivity index (χ4n) is 2.18. The number of carbonyl (C=O) groups is 1. The molecule has 1 aromatic rings. The number of carbonyl (C=O) groups excluding carboxylic acids is 1. The smallest absolute Gasteiger partial charge is 0.332 e. The number of nitrogens with zero attached hydrogens (tertiary/aromatic N) is 1. The summed E-state index contributed by atoms with van der Waals surface area (Å²) in [6, 6.07) is 3.81. The Hall–Kier alpha value is -1.56. The highest BCUT2D eigenvalue weighted by molar-refractivity contribution is 5.89. The fraction of sp³-hybridized carbons (Fsp3) is 0.417. The number of nitrogens with two attached hydrogens (primary N) is 1. The van der Waals surface area contributed by atoms with Crippen LogP contribution in [0, 0.1) is 0 Å². The van der Waals surface area contributed by atoms with Crippen LogP contribution in [0.2, 0.25) is 0 Å². The first-order valence-electron chi connectivity index (χ1n) is 5.59. The molecule has 18 heavy (non-hydrogen) atoms. The molecule has 2 rings (SSSR count). The van der Waals surface area contributed by atoms with E-state index in [1.54, 1.807) is 11.8 Å². The lowest BCUT2D eigenvalue weighted by Gasteiger charge is -2.45. The van der Waals surface area contributed by atoms with Crippen molar-refractivity contribution in [3.63, 3.8) is 0 Å². The predicted molar refractivity (Wildman–Crippen MR) is 59.5 cm³/mol. The number of halogens is 3. The van der Waals surface area contributed by atoms with Gasteiger partial charge >= 0.3 is 6.18 Å². The van der Waals surface area contributed by atoms with Crippen molar-refractivity contribution >= 4 is 5.91 Å². The van der Waals surface area contributed by atoms with Gasteiger partial charge in [-0.15, -0.1) is 0 Å². The molecule has 6 heteroatoms. The van der Waals surface area contributed by atoms with E-state index < -0.39 is 17.8 Å². The van der Waals surface area contributed by atoms with E-state index in [4.69, 9.17) is 5.73 Å². The Morgan fingerprint density at radius 2 is 1.83 bits per heavy atom. The highest BCUT2D eigenvalue weighted by Crippen LogP contribution is 2.35. The Balaban J connectivity index is 2.23. The normalized spacial score (nSPS) is 24.1. The predicted octanol–water partition coefficient (Wildman–Crippen LogP) is 1.94. The number of likely N-dealkylation sites (tertiary alicyclic amines) is 1. The molecule has 2 atom stereocenters. The number of β-lactam (4-membered cyclic amide) rings is 1. The molecule has 0 saturated carbocycles. The van der Waals surface area contributed by atoms with Crippen molar-refractivity contribution in [3.8, 4) is 0 Å². The molecule has 98 valence electrons. The van der Waals surface area contributed by atoms with Crippen LogP contribution in [-0.4, -0.2) is 23.4 Å². The monoisotopic (exact) mass is 258 g/mol. The third kappa shape index (κ3) is 1.96. The molecule has 0 bridgehead atoms. The Kier molecular flexibility index (Phi) is 3.06. The van der Waals surface area contributed by atoms with E-state index in [9.17, 15) is 18.0 Å². The van der Waals surface area contributed by atoms with Gasteiger partial charge in [0, 0.05) is 6.54 Å². The van der Waals surface area contributed by atoms with Crippen molar-refractivity contribution in [3.05, 3.63) is 35.4 Å². The molecule has 3 nitrogen and oxygen atoms in total. The molecule has 1 fully saturated rings. The molecule has 1 heterocycles. The lowest BCUT2D eigenvalue weighted by molar-refractivity contribution is -0.149. The molecule has 1 aliphatic heterocycles. The van der Waals surface area contributed by atoms with Gasteiger partial charge in [0.1, 0.15) is 6.04 Å². The maximum atomic E-state index is 12.4. The van der Waals surface area contributed by atoms with Crippen LogP contribution in [0.3, 0.4) is 0 Å². The third-order valence-corrected chi connectivity index (χ3v) is 3.16. The molecule has 1 aromatic carbocycles. The molecule has 0 aliphatic carbocycles. The van der Waals surface area contributed by atoms with E-state index in [0.29, 0.717) is 12.1 Å². The van der Waals surface area contributed by atoms with E-state index in [-0.39, 0.29) is 11.9 Å². The van der Waals surface area contributed by atoms with Crippen molar-refractivity contribution in [2.45, 2.75) is 25.2 Å². The van der Waals surface area contributed by atoms with Gasteiger partial charge in [0.2, 0.25) is 5.91 Å². The van der Waals surface area contributed by atoms with E-state index >= 15 is 0 Å². The second kappa shape index (κ2) is 4.28. The highest BCUT2D eigenvalue weighted by atomic mass is 19.4. The molecular formula is C12H13F3N2O. The third-order valence-electron chi connectivity index (χ3n) is 3.16. The Morgan fingerprint density at radius 3 is 2.28 bits per heavy atom. The van der Waals surface area contributed by atoms with Crippen LogP contribution in [0.4, 0.5) is 13.2 Å². The van der Waals surface area contributed by atoms with Crippen LogP contribution in [0.15, 0.2) is 24.3 Å². The van der Waals surface area contributed by atoms with Crippen LogP contribution >= 0.6 is 0 Å². The topological polar surface area (TPSA) is 46.3 Å². The van der Waals surface area contributed by atoms with Gasteiger partial charge in [-0.05, 0) is 24.6 Å². The van der Waals surface area contributed by atoms with Gasteiger partial charge in [0.25, 0.3) is 0 Å². The zero-order valence-corrected chi connectivity index (χ0v) is 9.74. The van der Waals surface area contributed by atoms with Crippen LogP contribution < -0.4 is 5.73 Å². The van der Waals surface area contributed by atoms with Crippen LogP contribution in [0.5, 0.6) is 0 Å². The van der Waals surface area contributed by atoms with Crippen LogP contribution in [-0.2, 0) is 11.0 Å². The average molecular weight is 258 g/mol. The van der Waals surface area contributed by atoms with Crippen LogP contribution in [0.1, 0.15) is 24.1 Å². The first-order valence-corrected chi connectivity index (χ1v) is 5.59. The number of hydrogen-bond acceptors (Lipinski definition) is 2. The average Bonchev–Trinajstić information content (AvgIpc) is 2.33. The van der Waals surface area contributed by atoms with Crippen molar-refractivity contribution in [1.82, 2.24) is 4.90 Å². The zero-order chi connectivity index (χ0) is 13.5. The summed E-state index contributed by atoms with van der Waals surface area (Å²) in [5.74, 6) is -0.164. The number of hydrogen-bond donors (Lipinski definition) is 1. The van der Waals surface area contributed by atoms with Gasteiger partial charge in [-0.3, -0.25) is 4.79 Å². The standard InChI is InChI=1S/C12H13F3N2O/c1-2-17-10(9(16)11(17)18)7-3-5-8(6-4-7)12(13,14)15/h3-6,9-10H,2,16H2,1H3/t9-,10-/m1/s1. The lowest BCUT2D eigenvalue weighted by atomic mass is 9.89. The molecule has 0 radical (unpaired) electrons. The summed E-state index contributed by atoms with van der Waals surface area (Å²) < 4.78 is 37.2. The zero-order valence-electron chi connectivity index (χ0n) is 9.74. The first-order chi connectivity index (χ1) is 8.36. The minimum atomic E-state index is -4.35. The van der Waals surface area contributed by atoms with Crippen molar-refractivity contribution in [1.29, 1.82) is 0 Å². The van der Waals surface area contributed by atoms with Gasteiger partial charge in [-0.2, -0.15) is 13.2 Å². The van der Waals surface area contributed by atoms with Gasteiger partial charge in [-0.25, -0.2) is 0 Å². The maximum absolute atomic E-state index is 12.4. The fourth-order valence-corrected chi connectivity index (χ4v) is 2.18. The summed E-state index contributed by atoms with van der Waals surface area (Å²) >= 11 is 0. The van der Waals surface area contributed by atoms with E-state index in [0.717, 1.165) is 12.1 Å². The number of alkyl halides is 3. The molecule has 0 unspecified atom stereocenters. The van der Waals surface area contributed by atoms with Crippen molar-refractivity contribution in [2.75, 3.05) is 6.54 Å². The molecule has 1 amide bonds. The Morgan fingerprint density at radius 1 is 1.28 bits per heavy atom. The summed E-state index contributed by atoms with van der Waals surface area (Å²) in [5.41, 5.74) is 5.61. The summed E-state index contributed by atoms with van der Waals surface area (Å²) in [6.07, 6.45) is -4.35. The van der Waals surface area contributed by atoms with Gasteiger partial charge < -0.3 is 10.6 Å². The molecular weight excluding hydrogens is 245 g/mol. The number of likely N-dealkylation sites (N-methyl/N-ethyl adjacent to an activating group) is 1. The summed E-state index contributed by atoms with van der Waals surface area (Å²) in [7, 11) is 0. The Labute approximate surface area is 102 Å². The quantitative estimate of drug-likeness (QED) is 0.824. The molecule has 0 aromatic heterocycles. The van der Waals surface area contributed by atoms with Crippen molar-refractivity contribution in [2.24, 2.45) is 5.73 Å². The molecule has 1 aliphatic rings. The number of benzene rings is 1. The van der Waals surface area contributed by atoms with Crippen molar-refractivity contribution < 1.29 is 18.0 Å². The largest absolute Gasteiger partial charge is 0.416 e. The Bertz CT molecular complexity index is 455. The van der Waals surface area contributed by atoms with E-state index in [1.165, 1.54) is 12.1 Å². The number of amides is 1. The van der Waals surface area contributed by atoms with E-state index in [2.05, 4.69) is 0 Å².